The van der Waals surface area contributed by atoms with Gasteiger partial charge < -0.3 is 28.7 Å². The Kier molecular flexibility index (Phi) is 8.48. The van der Waals surface area contributed by atoms with Crippen LogP contribution in [0.1, 0.15) is 52.7 Å². The molecule has 2 saturated heterocycles. The van der Waals surface area contributed by atoms with Crippen LogP contribution < -0.4 is 19.3 Å². The molecule has 0 bridgehead atoms. The van der Waals surface area contributed by atoms with Gasteiger partial charge in [-0.1, -0.05) is 0 Å². The van der Waals surface area contributed by atoms with Crippen LogP contribution in [0.2, 0.25) is 0 Å². The molecule has 2 aromatic carbocycles. The molecule has 2 aliphatic heterocycles. The van der Waals surface area contributed by atoms with Crippen LogP contribution in [0.25, 0.3) is 0 Å². The van der Waals surface area contributed by atoms with Gasteiger partial charge in [-0.15, -0.1) is 0 Å². The highest BCUT2D eigenvalue weighted by molar-refractivity contribution is 5.87. The average molecular weight is 495 g/mol. The van der Waals surface area contributed by atoms with E-state index in [1.165, 1.54) is 0 Å². The second kappa shape index (κ2) is 11.8. The Balaban J connectivity index is 1.53. The van der Waals surface area contributed by atoms with Crippen molar-refractivity contribution in [1.82, 2.24) is 0 Å². The first-order valence-electron chi connectivity index (χ1n) is 13.0. The summed E-state index contributed by atoms with van der Waals surface area (Å²) in [4.78, 5) is 4.55. The Morgan fingerprint density at radius 3 is 1.36 bits per heavy atom. The van der Waals surface area contributed by atoms with E-state index in [-0.39, 0.29) is 24.8 Å². The molecular formula is C28H38N4O4. The average Bonchev–Trinajstić information content (AvgIpc) is 3.78. The Bertz CT molecular complexity index is 996. The van der Waals surface area contributed by atoms with Gasteiger partial charge in [0.05, 0.1) is 12.4 Å². The fourth-order valence-corrected chi connectivity index (χ4v) is 4.06. The van der Waals surface area contributed by atoms with Gasteiger partial charge in [-0.3, -0.25) is 0 Å². The third-order valence-corrected chi connectivity index (χ3v) is 6.51. The molecule has 194 valence electrons. The van der Waals surface area contributed by atoms with E-state index in [0.717, 1.165) is 60.2 Å². The van der Waals surface area contributed by atoms with E-state index in [4.69, 9.17) is 18.9 Å². The Hall–Kier alpha value is -3.10. The highest BCUT2D eigenvalue weighted by atomic mass is 16.8. The zero-order chi connectivity index (χ0) is 25.7. The number of epoxide rings is 2. The fraction of sp³-hybridized carbons (Fsp3) is 0.500. The lowest BCUT2D eigenvalue weighted by molar-refractivity contribution is 0.178. The molecule has 0 saturated carbocycles. The van der Waals surface area contributed by atoms with Crippen LogP contribution in [0.4, 0.5) is 11.4 Å². The van der Waals surface area contributed by atoms with E-state index in [0.29, 0.717) is 0 Å². The predicted molar refractivity (Wildman–Crippen MR) is 145 cm³/mol. The van der Waals surface area contributed by atoms with Crippen molar-refractivity contribution in [2.75, 3.05) is 36.0 Å². The van der Waals surface area contributed by atoms with Crippen molar-refractivity contribution in [3.63, 3.8) is 0 Å². The van der Waals surface area contributed by atoms with Gasteiger partial charge in [0.1, 0.15) is 23.7 Å². The normalized spacial score (nSPS) is 22.7. The molecule has 0 aliphatic carbocycles. The van der Waals surface area contributed by atoms with Crippen LogP contribution in [-0.2, 0) is 9.47 Å². The first-order valence-corrected chi connectivity index (χ1v) is 13.0. The zero-order valence-corrected chi connectivity index (χ0v) is 22.2. The standard InChI is InChI=1S/C28H38N4O4/c1-7-31(8-2)23-13-11-21(25(15-23)35-27-19(5)33-27)17-29-30-18-22-12-14-24(32(9-3)10-4)16-26(22)36-28-20(6)34-28/h11-20,27-28H,7-10H2,1-6H3. The molecule has 8 nitrogen and oxygen atoms in total. The minimum atomic E-state index is -0.219. The Labute approximate surface area is 214 Å². The molecule has 2 fully saturated rings. The van der Waals surface area contributed by atoms with E-state index in [2.05, 4.69) is 59.8 Å². The third-order valence-electron chi connectivity index (χ3n) is 6.51. The van der Waals surface area contributed by atoms with E-state index < -0.39 is 0 Å². The quantitative estimate of drug-likeness (QED) is 0.220. The van der Waals surface area contributed by atoms with Gasteiger partial charge >= 0.3 is 0 Å². The molecule has 4 unspecified atom stereocenters. The van der Waals surface area contributed by atoms with Crippen LogP contribution in [-0.4, -0.2) is 63.4 Å². The molecule has 0 spiro atoms. The lowest BCUT2D eigenvalue weighted by Crippen LogP contribution is -2.22. The van der Waals surface area contributed by atoms with Crippen molar-refractivity contribution >= 4 is 23.8 Å². The minimum Gasteiger partial charge on any atom is -0.461 e. The maximum absolute atomic E-state index is 6.07. The molecule has 0 aromatic heterocycles. The molecule has 0 amide bonds. The van der Waals surface area contributed by atoms with E-state index in [9.17, 15) is 0 Å². The maximum atomic E-state index is 6.07. The second-order valence-electron chi connectivity index (χ2n) is 8.93. The van der Waals surface area contributed by atoms with Crippen LogP contribution in [0.15, 0.2) is 46.6 Å². The molecule has 0 N–H and O–H groups in total. The molecule has 36 heavy (non-hydrogen) atoms. The highest BCUT2D eigenvalue weighted by Gasteiger charge is 2.38. The number of nitrogens with zero attached hydrogens (tertiary/aromatic N) is 4. The SMILES string of the molecule is CCN(CC)c1ccc(C=NN=Cc2ccc(N(CC)CC)cc2OC2OC2C)c(OC2OC2C)c1. The van der Waals surface area contributed by atoms with Gasteiger partial charge in [0.2, 0.25) is 12.6 Å². The van der Waals surface area contributed by atoms with Crippen molar-refractivity contribution in [1.29, 1.82) is 0 Å². The summed E-state index contributed by atoms with van der Waals surface area (Å²) >= 11 is 0. The van der Waals surface area contributed by atoms with Gasteiger partial charge in [-0.2, -0.15) is 10.2 Å². The highest BCUT2D eigenvalue weighted by Crippen LogP contribution is 2.32. The van der Waals surface area contributed by atoms with Gasteiger partial charge in [0.15, 0.2) is 0 Å². The number of rotatable bonds is 13. The maximum Gasteiger partial charge on any atom is 0.226 e. The molecular weight excluding hydrogens is 456 g/mol. The van der Waals surface area contributed by atoms with Crippen molar-refractivity contribution in [3.8, 4) is 11.5 Å². The van der Waals surface area contributed by atoms with Gasteiger partial charge in [0, 0.05) is 60.8 Å². The second-order valence-corrected chi connectivity index (χ2v) is 8.93. The zero-order valence-electron chi connectivity index (χ0n) is 22.2. The number of hydrogen-bond acceptors (Lipinski definition) is 8. The summed E-state index contributed by atoms with van der Waals surface area (Å²) in [5.74, 6) is 1.47. The van der Waals surface area contributed by atoms with Crippen molar-refractivity contribution in [3.05, 3.63) is 47.5 Å². The van der Waals surface area contributed by atoms with Gasteiger partial charge in [-0.25, -0.2) is 0 Å². The summed E-state index contributed by atoms with van der Waals surface area (Å²) in [6.07, 6.45) is 3.18. The number of hydrogen-bond donors (Lipinski definition) is 0. The van der Waals surface area contributed by atoms with Crippen molar-refractivity contribution < 1.29 is 18.9 Å². The van der Waals surface area contributed by atoms with Crippen LogP contribution >= 0.6 is 0 Å². The summed E-state index contributed by atoms with van der Waals surface area (Å²) in [5, 5.41) is 8.63. The number of anilines is 2. The monoisotopic (exact) mass is 494 g/mol. The summed E-state index contributed by atoms with van der Waals surface area (Å²) in [6.45, 7) is 16.2. The molecule has 8 heteroatoms. The van der Waals surface area contributed by atoms with Gasteiger partial charge in [-0.05, 0) is 65.8 Å². The van der Waals surface area contributed by atoms with Crippen LogP contribution in [0.3, 0.4) is 0 Å². The molecule has 2 aliphatic rings. The summed E-state index contributed by atoms with van der Waals surface area (Å²) in [7, 11) is 0. The molecule has 0 radical (unpaired) electrons. The van der Waals surface area contributed by atoms with Crippen molar-refractivity contribution in [2.24, 2.45) is 10.2 Å². The topological polar surface area (TPSA) is 74.7 Å². The smallest absolute Gasteiger partial charge is 0.226 e. The predicted octanol–water partition coefficient (Wildman–Crippen LogP) is 5.08. The summed E-state index contributed by atoms with van der Waals surface area (Å²) in [5.41, 5.74) is 3.91. The molecule has 2 heterocycles. The molecule has 2 aromatic rings. The van der Waals surface area contributed by atoms with Crippen LogP contribution in [0, 0.1) is 0 Å². The lowest BCUT2D eigenvalue weighted by Gasteiger charge is -2.22. The lowest BCUT2D eigenvalue weighted by atomic mass is 10.1. The summed E-state index contributed by atoms with van der Waals surface area (Å²) < 4.78 is 23.1. The Morgan fingerprint density at radius 2 is 1.06 bits per heavy atom. The van der Waals surface area contributed by atoms with E-state index >= 15 is 0 Å². The first-order chi connectivity index (χ1) is 17.5. The third kappa shape index (κ3) is 6.36. The van der Waals surface area contributed by atoms with E-state index in [1.54, 1.807) is 12.4 Å². The molecule has 4 atom stereocenters. The first kappa shape index (κ1) is 26.0. The number of ether oxygens (including phenoxy) is 4. The minimum absolute atomic E-state index is 0.0980. The van der Waals surface area contributed by atoms with Crippen LogP contribution in [0.5, 0.6) is 11.5 Å². The summed E-state index contributed by atoms with van der Waals surface area (Å²) in [6, 6.07) is 12.3. The fourth-order valence-electron chi connectivity index (χ4n) is 4.06. The Morgan fingerprint density at radius 1 is 0.694 bits per heavy atom. The molecule has 4 rings (SSSR count). The largest absolute Gasteiger partial charge is 0.461 e. The van der Waals surface area contributed by atoms with E-state index in [1.807, 2.05) is 38.1 Å². The number of benzene rings is 2. The van der Waals surface area contributed by atoms with Crippen molar-refractivity contribution in [2.45, 2.75) is 66.3 Å². The van der Waals surface area contributed by atoms with Gasteiger partial charge in [0.25, 0.3) is 0 Å².